The highest BCUT2D eigenvalue weighted by Gasteiger charge is 2.14. The molecule has 0 saturated heterocycles. The third-order valence-electron chi connectivity index (χ3n) is 3.22. The minimum Gasteiger partial charge on any atom is -0.351 e. The maximum atomic E-state index is 12.1. The lowest BCUT2D eigenvalue weighted by atomic mass is 10.2. The van der Waals surface area contributed by atoms with E-state index in [9.17, 15) is 4.79 Å². The van der Waals surface area contributed by atoms with Crippen molar-refractivity contribution in [2.24, 2.45) is 5.73 Å². The zero-order valence-electron chi connectivity index (χ0n) is 12.7. The first-order valence-corrected chi connectivity index (χ1v) is 9.01. The van der Waals surface area contributed by atoms with Crippen molar-refractivity contribution in [2.75, 3.05) is 11.9 Å². The Balaban J connectivity index is 1.67. The van der Waals surface area contributed by atoms with E-state index in [1.807, 2.05) is 43.3 Å². The maximum Gasteiger partial charge on any atom is 0.261 e. The average molecular weight is 346 g/mol. The molecule has 0 aliphatic rings. The maximum absolute atomic E-state index is 12.1. The molecule has 0 bridgehead atoms. The zero-order valence-corrected chi connectivity index (χ0v) is 14.3. The number of fused-ring (bicyclic) bond motifs is 1. The van der Waals surface area contributed by atoms with Crippen molar-refractivity contribution in [3.8, 4) is 0 Å². The number of thiophene rings is 1. The molecule has 7 heteroatoms. The predicted octanol–water partition coefficient (Wildman–Crippen LogP) is 3.57. The number of carbonyl (C=O) groups excluding carboxylic acids is 1. The summed E-state index contributed by atoms with van der Waals surface area (Å²) >= 11 is 2.96. The van der Waals surface area contributed by atoms with Gasteiger partial charge in [0, 0.05) is 18.3 Å². The van der Waals surface area contributed by atoms with Crippen LogP contribution in [-0.4, -0.2) is 23.5 Å². The van der Waals surface area contributed by atoms with Gasteiger partial charge in [0.15, 0.2) is 5.13 Å². The summed E-state index contributed by atoms with van der Waals surface area (Å²) in [5.74, 6) is -0.0570. The minimum absolute atomic E-state index is 0.0570. The Kier molecular flexibility index (Phi) is 4.90. The number of amides is 1. The van der Waals surface area contributed by atoms with E-state index in [2.05, 4.69) is 15.6 Å². The van der Waals surface area contributed by atoms with E-state index in [1.165, 1.54) is 11.3 Å². The third-order valence-corrected chi connectivity index (χ3v) is 5.30. The van der Waals surface area contributed by atoms with Crippen LogP contribution in [0.5, 0.6) is 0 Å². The fourth-order valence-corrected chi connectivity index (χ4v) is 4.10. The summed E-state index contributed by atoms with van der Waals surface area (Å²) in [6.07, 6.45) is 0.773. The summed E-state index contributed by atoms with van der Waals surface area (Å²) in [7, 11) is 0. The number of anilines is 2. The highest BCUT2D eigenvalue weighted by Crippen LogP contribution is 2.34. The van der Waals surface area contributed by atoms with E-state index in [1.54, 1.807) is 11.3 Å². The second-order valence-electron chi connectivity index (χ2n) is 5.31. The van der Waals surface area contributed by atoms with Crippen molar-refractivity contribution >= 4 is 48.9 Å². The molecular weight excluding hydrogens is 328 g/mol. The summed E-state index contributed by atoms with van der Waals surface area (Å²) in [5, 5.41) is 7.00. The predicted molar refractivity (Wildman–Crippen MR) is 97.8 cm³/mol. The second-order valence-corrected chi connectivity index (χ2v) is 7.37. The standard InChI is InChI=1S/C16H18N4OS2/c1-10(17)7-8-18-14(21)12-9-13-15(22-12)20-16(23-13)19-11-5-3-2-4-6-11/h2-6,9-10H,7-8,17H2,1H3,(H,18,21)(H,19,20). The van der Waals surface area contributed by atoms with Crippen molar-refractivity contribution < 1.29 is 4.79 Å². The van der Waals surface area contributed by atoms with Crippen LogP contribution in [0.25, 0.3) is 9.53 Å². The van der Waals surface area contributed by atoms with Gasteiger partial charge in [-0.1, -0.05) is 29.5 Å². The Hall–Kier alpha value is -1.96. The molecule has 2 heterocycles. The van der Waals surface area contributed by atoms with Crippen LogP contribution in [0.4, 0.5) is 10.8 Å². The van der Waals surface area contributed by atoms with Crippen LogP contribution >= 0.6 is 22.7 Å². The quantitative estimate of drug-likeness (QED) is 0.637. The molecule has 0 spiro atoms. The van der Waals surface area contributed by atoms with E-state index in [4.69, 9.17) is 5.73 Å². The van der Waals surface area contributed by atoms with Gasteiger partial charge < -0.3 is 16.4 Å². The number of hydrogen-bond acceptors (Lipinski definition) is 6. The van der Waals surface area contributed by atoms with Gasteiger partial charge in [-0.2, -0.15) is 0 Å². The van der Waals surface area contributed by atoms with Crippen LogP contribution in [-0.2, 0) is 0 Å². The van der Waals surface area contributed by atoms with Gasteiger partial charge in [-0.05, 0) is 31.5 Å². The highest BCUT2D eigenvalue weighted by atomic mass is 32.1. The number of nitrogens with one attached hydrogen (secondary N) is 2. The Bertz CT molecular complexity index is 763. The molecule has 0 fully saturated rings. The number of nitrogens with zero attached hydrogens (tertiary/aromatic N) is 1. The molecular formula is C16H18N4OS2. The van der Waals surface area contributed by atoms with Crippen molar-refractivity contribution in [1.82, 2.24) is 10.3 Å². The van der Waals surface area contributed by atoms with Crippen LogP contribution in [0.3, 0.4) is 0 Å². The summed E-state index contributed by atoms with van der Waals surface area (Å²) in [5.41, 5.74) is 6.68. The largest absolute Gasteiger partial charge is 0.351 e. The summed E-state index contributed by atoms with van der Waals surface area (Å²) in [6, 6.07) is 11.9. The molecule has 2 aromatic heterocycles. The first-order valence-electron chi connectivity index (χ1n) is 7.38. The molecule has 1 atom stereocenters. The molecule has 4 N–H and O–H groups in total. The van der Waals surface area contributed by atoms with Crippen LogP contribution in [0.2, 0.25) is 0 Å². The number of aromatic nitrogens is 1. The van der Waals surface area contributed by atoms with E-state index in [0.717, 1.165) is 26.8 Å². The molecule has 23 heavy (non-hydrogen) atoms. The number of rotatable bonds is 6. The number of thiazole rings is 1. The third kappa shape index (κ3) is 4.07. The van der Waals surface area contributed by atoms with E-state index in [0.29, 0.717) is 11.4 Å². The lowest BCUT2D eigenvalue weighted by Gasteiger charge is -2.05. The van der Waals surface area contributed by atoms with Crippen molar-refractivity contribution in [1.29, 1.82) is 0 Å². The van der Waals surface area contributed by atoms with Crippen molar-refractivity contribution in [2.45, 2.75) is 19.4 Å². The SMILES string of the molecule is CC(N)CCNC(=O)c1cc2sc(Nc3ccccc3)nc2s1. The van der Waals surface area contributed by atoms with E-state index >= 15 is 0 Å². The highest BCUT2D eigenvalue weighted by molar-refractivity contribution is 7.29. The molecule has 3 aromatic rings. The molecule has 0 aliphatic carbocycles. The Morgan fingerprint density at radius 1 is 1.30 bits per heavy atom. The monoisotopic (exact) mass is 346 g/mol. The molecule has 0 radical (unpaired) electrons. The number of nitrogens with two attached hydrogens (primary N) is 1. The lowest BCUT2D eigenvalue weighted by Crippen LogP contribution is -2.28. The van der Waals surface area contributed by atoms with Crippen LogP contribution in [0.15, 0.2) is 36.4 Å². The number of hydrogen-bond donors (Lipinski definition) is 3. The Morgan fingerprint density at radius 3 is 2.78 bits per heavy atom. The van der Waals surface area contributed by atoms with Crippen molar-refractivity contribution in [3.63, 3.8) is 0 Å². The zero-order chi connectivity index (χ0) is 16.2. The van der Waals surface area contributed by atoms with Gasteiger partial charge >= 0.3 is 0 Å². The number of carbonyl (C=O) groups is 1. The fourth-order valence-electron chi connectivity index (χ4n) is 2.05. The number of benzene rings is 1. The molecule has 3 rings (SSSR count). The topological polar surface area (TPSA) is 80.0 Å². The van der Waals surface area contributed by atoms with Crippen LogP contribution < -0.4 is 16.4 Å². The molecule has 120 valence electrons. The van der Waals surface area contributed by atoms with E-state index < -0.39 is 0 Å². The summed E-state index contributed by atoms with van der Waals surface area (Å²) in [4.78, 5) is 18.2. The van der Waals surface area contributed by atoms with Gasteiger partial charge in [0.1, 0.15) is 4.83 Å². The second kappa shape index (κ2) is 7.08. The van der Waals surface area contributed by atoms with Crippen LogP contribution in [0.1, 0.15) is 23.0 Å². The number of para-hydroxylation sites is 1. The molecule has 1 unspecified atom stereocenters. The molecule has 5 nitrogen and oxygen atoms in total. The summed E-state index contributed by atoms with van der Waals surface area (Å²) in [6.45, 7) is 2.52. The van der Waals surface area contributed by atoms with Gasteiger partial charge in [-0.15, -0.1) is 11.3 Å². The smallest absolute Gasteiger partial charge is 0.261 e. The molecule has 1 aromatic carbocycles. The van der Waals surface area contributed by atoms with Gasteiger partial charge in [0.05, 0.1) is 9.58 Å². The fraction of sp³-hybridized carbons (Fsp3) is 0.250. The summed E-state index contributed by atoms with van der Waals surface area (Å²) < 4.78 is 1.02. The Morgan fingerprint density at radius 2 is 2.09 bits per heavy atom. The van der Waals surface area contributed by atoms with Crippen LogP contribution in [0, 0.1) is 0 Å². The van der Waals surface area contributed by atoms with Gasteiger partial charge in [0.25, 0.3) is 5.91 Å². The molecule has 0 saturated carbocycles. The van der Waals surface area contributed by atoms with Gasteiger partial charge in [-0.25, -0.2) is 4.98 Å². The lowest BCUT2D eigenvalue weighted by molar-refractivity contribution is 0.0957. The Labute approximate surface area is 142 Å². The van der Waals surface area contributed by atoms with Gasteiger partial charge in [-0.3, -0.25) is 4.79 Å². The van der Waals surface area contributed by atoms with Crippen molar-refractivity contribution in [3.05, 3.63) is 41.3 Å². The average Bonchev–Trinajstić information content (AvgIpc) is 3.06. The molecule has 0 aliphatic heterocycles. The molecule has 1 amide bonds. The first-order chi connectivity index (χ1) is 11.1. The van der Waals surface area contributed by atoms with E-state index in [-0.39, 0.29) is 11.9 Å². The van der Waals surface area contributed by atoms with Gasteiger partial charge in [0.2, 0.25) is 0 Å². The minimum atomic E-state index is -0.0570. The normalized spacial score (nSPS) is 12.3. The first kappa shape index (κ1) is 15.9.